The number of fused-ring (bicyclic) bond motifs is 1. The lowest BCUT2D eigenvalue weighted by Crippen LogP contribution is -2.22. The fourth-order valence-electron chi connectivity index (χ4n) is 2.81. The van der Waals surface area contributed by atoms with Gasteiger partial charge in [0.05, 0.1) is 10.5 Å². The van der Waals surface area contributed by atoms with Crippen molar-refractivity contribution >= 4 is 17.0 Å². The van der Waals surface area contributed by atoms with Gasteiger partial charge < -0.3 is 5.11 Å². The number of benzene rings is 2. The quantitative estimate of drug-likeness (QED) is 0.911. The van der Waals surface area contributed by atoms with Crippen LogP contribution in [-0.2, 0) is 17.4 Å². The molecule has 0 amide bonds. The number of hydrogen-bond donors (Lipinski definition) is 2. The molecule has 2 atom stereocenters. The van der Waals surface area contributed by atoms with Gasteiger partial charge in [-0.15, -0.1) is 0 Å². The minimum absolute atomic E-state index is 0.0743. The van der Waals surface area contributed by atoms with E-state index in [0.717, 1.165) is 34.4 Å². The first-order valence-electron chi connectivity index (χ1n) is 7.16. The molecule has 2 aromatic carbocycles. The lowest BCUT2D eigenvalue weighted by molar-refractivity contribution is 0.0696. The molecule has 0 bridgehead atoms. The van der Waals surface area contributed by atoms with E-state index in [1.165, 1.54) is 0 Å². The molecule has 5 heteroatoms. The molecule has 0 aromatic heterocycles. The van der Waals surface area contributed by atoms with Gasteiger partial charge in [-0.1, -0.05) is 24.3 Å². The van der Waals surface area contributed by atoms with Crippen LogP contribution in [0.15, 0.2) is 47.4 Å². The van der Waals surface area contributed by atoms with Crippen molar-refractivity contribution in [1.82, 2.24) is 4.72 Å². The van der Waals surface area contributed by atoms with Crippen LogP contribution in [0, 0.1) is 6.92 Å². The third kappa shape index (κ3) is 2.82. The predicted molar refractivity (Wildman–Crippen MR) is 85.2 cm³/mol. The van der Waals surface area contributed by atoms with E-state index < -0.39 is 17.0 Å². The maximum atomic E-state index is 12.5. The first-order valence-corrected chi connectivity index (χ1v) is 8.31. The van der Waals surface area contributed by atoms with Gasteiger partial charge in [0.1, 0.15) is 11.0 Å². The number of nitrogens with one attached hydrogen (secondary N) is 1. The Balaban J connectivity index is 1.84. The van der Waals surface area contributed by atoms with E-state index in [1.54, 1.807) is 12.1 Å². The van der Waals surface area contributed by atoms with Crippen LogP contribution < -0.4 is 4.72 Å². The van der Waals surface area contributed by atoms with E-state index in [9.17, 15) is 9.00 Å². The summed E-state index contributed by atoms with van der Waals surface area (Å²) in [6, 6.07) is 12.7. The number of carboxylic acids is 1. The Morgan fingerprint density at radius 1 is 1.27 bits per heavy atom. The Kier molecular flexibility index (Phi) is 4.09. The van der Waals surface area contributed by atoms with E-state index in [2.05, 4.69) is 4.72 Å². The molecule has 0 aliphatic heterocycles. The molecule has 0 heterocycles. The predicted octanol–water partition coefficient (Wildman–Crippen LogP) is 2.99. The van der Waals surface area contributed by atoms with Gasteiger partial charge in [0, 0.05) is 6.04 Å². The molecule has 0 radical (unpaired) electrons. The van der Waals surface area contributed by atoms with E-state index in [0.29, 0.717) is 0 Å². The average Bonchev–Trinajstić information content (AvgIpc) is 2.90. The number of aryl methyl sites for hydroxylation is 2. The molecule has 0 fully saturated rings. The second kappa shape index (κ2) is 6.02. The van der Waals surface area contributed by atoms with Gasteiger partial charge in [-0.05, 0) is 54.7 Å². The zero-order chi connectivity index (χ0) is 15.7. The van der Waals surface area contributed by atoms with Gasteiger partial charge >= 0.3 is 5.97 Å². The Bertz CT molecular complexity index is 757. The first-order chi connectivity index (χ1) is 10.6. The second-order valence-electron chi connectivity index (χ2n) is 5.46. The molecule has 1 aliphatic rings. The molecule has 2 N–H and O–H groups in total. The molecular weight excluding hydrogens is 298 g/mol. The lowest BCUT2D eigenvalue weighted by Gasteiger charge is -2.15. The highest BCUT2D eigenvalue weighted by atomic mass is 32.2. The van der Waals surface area contributed by atoms with Gasteiger partial charge in [-0.3, -0.25) is 0 Å². The molecule has 0 saturated heterocycles. The topological polar surface area (TPSA) is 66.4 Å². The number of carboxylic acid groups (broad SMARTS) is 1. The van der Waals surface area contributed by atoms with E-state index in [4.69, 9.17) is 5.11 Å². The molecule has 2 aromatic rings. The van der Waals surface area contributed by atoms with Crippen molar-refractivity contribution in [2.24, 2.45) is 0 Å². The summed E-state index contributed by atoms with van der Waals surface area (Å²) in [6.07, 6.45) is 1.70. The molecule has 3 rings (SSSR count). The summed E-state index contributed by atoms with van der Waals surface area (Å²) >= 11 is 0. The second-order valence-corrected chi connectivity index (χ2v) is 6.68. The monoisotopic (exact) mass is 315 g/mol. The lowest BCUT2D eigenvalue weighted by atomic mass is 10.0. The Morgan fingerprint density at radius 3 is 2.77 bits per heavy atom. The zero-order valence-corrected chi connectivity index (χ0v) is 13.0. The van der Waals surface area contributed by atoms with Crippen molar-refractivity contribution in [2.75, 3.05) is 0 Å². The summed E-state index contributed by atoms with van der Waals surface area (Å²) in [7, 11) is -1.31. The van der Waals surface area contributed by atoms with Crippen LogP contribution in [0.25, 0.3) is 0 Å². The smallest absolute Gasteiger partial charge is 0.335 e. The fourth-order valence-corrected chi connectivity index (χ4v) is 4.01. The third-order valence-corrected chi connectivity index (χ3v) is 5.37. The first kappa shape index (κ1) is 14.9. The molecule has 1 aliphatic carbocycles. The van der Waals surface area contributed by atoms with Crippen LogP contribution in [0.4, 0.5) is 0 Å². The zero-order valence-electron chi connectivity index (χ0n) is 12.2. The Labute approximate surface area is 131 Å². The summed E-state index contributed by atoms with van der Waals surface area (Å²) in [5, 5.41) is 9.12. The maximum Gasteiger partial charge on any atom is 0.335 e. The van der Waals surface area contributed by atoms with E-state index in [1.807, 2.05) is 37.3 Å². The van der Waals surface area contributed by atoms with Crippen molar-refractivity contribution in [2.45, 2.75) is 30.7 Å². The number of aromatic carboxylic acids is 1. The van der Waals surface area contributed by atoms with Crippen LogP contribution in [-0.4, -0.2) is 15.3 Å². The van der Waals surface area contributed by atoms with E-state index >= 15 is 0 Å². The number of rotatable bonds is 4. The molecule has 2 unspecified atom stereocenters. The summed E-state index contributed by atoms with van der Waals surface area (Å²) in [4.78, 5) is 11.9. The van der Waals surface area contributed by atoms with Crippen LogP contribution in [0.1, 0.15) is 39.5 Å². The van der Waals surface area contributed by atoms with Gasteiger partial charge in [-0.25, -0.2) is 13.7 Å². The van der Waals surface area contributed by atoms with Crippen molar-refractivity contribution < 1.29 is 14.1 Å². The SMILES string of the molecule is Cc1ccccc1S(=O)NC1CCc2ccc(C(=O)O)cc21. The molecule has 0 spiro atoms. The maximum absolute atomic E-state index is 12.5. The normalized spacial score (nSPS) is 18.0. The largest absolute Gasteiger partial charge is 0.478 e. The standard InChI is InChI=1S/C17H17NO3S/c1-11-4-2-3-5-16(11)22(21)18-15-9-8-12-6-7-13(17(19)20)10-14(12)15/h2-7,10,15,18H,8-9H2,1H3,(H,19,20). The summed E-state index contributed by atoms with van der Waals surface area (Å²) in [5.41, 5.74) is 3.33. The highest BCUT2D eigenvalue weighted by molar-refractivity contribution is 7.83. The van der Waals surface area contributed by atoms with Crippen LogP contribution in [0.3, 0.4) is 0 Å². The van der Waals surface area contributed by atoms with Crippen molar-refractivity contribution in [3.8, 4) is 0 Å². The number of hydrogen-bond acceptors (Lipinski definition) is 2. The molecule has 114 valence electrons. The van der Waals surface area contributed by atoms with Gasteiger partial charge in [0.25, 0.3) is 0 Å². The van der Waals surface area contributed by atoms with Crippen LogP contribution in [0.2, 0.25) is 0 Å². The Hall–Kier alpha value is -1.98. The third-order valence-electron chi connectivity index (χ3n) is 4.01. The highest BCUT2D eigenvalue weighted by Gasteiger charge is 2.25. The van der Waals surface area contributed by atoms with Crippen molar-refractivity contribution in [3.05, 3.63) is 64.7 Å². The average molecular weight is 315 g/mol. The summed E-state index contributed by atoms with van der Waals surface area (Å²) in [5.74, 6) is -0.937. The fraction of sp³-hybridized carbons (Fsp3) is 0.235. The van der Waals surface area contributed by atoms with Crippen LogP contribution >= 0.6 is 0 Å². The Morgan fingerprint density at radius 2 is 2.05 bits per heavy atom. The minimum Gasteiger partial charge on any atom is -0.478 e. The van der Waals surface area contributed by atoms with Gasteiger partial charge in [-0.2, -0.15) is 0 Å². The summed E-state index contributed by atoms with van der Waals surface area (Å²) in [6.45, 7) is 1.93. The van der Waals surface area contributed by atoms with Gasteiger partial charge in [0.2, 0.25) is 0 Å². The molecule has 0 saturated carbocycles. The van der Waals surface area contributed by atoms with Gasteiger partial charge in [0.15, 0.2) is 0 Å². The van der Waals surface area contributed by atoms with Crippen molar-refractivity contribution in [3.63, 3.8) is 0 Å². The summed E-state index contributed by atoms with van der Waals surface area (Å²) < 4.78 is 15.7. The van der Waals surface area contributed by atoms with Crippen LogP contribution in [0.5, 0.6) is 0 Å². The van der Waals surface area contributed by atoms with Crippen molar-refractivity contribution in [1.29, 1.82) is 0 Å². The highest BCUT2D eigenvalue weighted by Crippen LogP contribution is 2.32. The van der Waals surface area contributed by atoms with E-state index in [-0.39, 0.29) is 11.6 Å². The molecule has 4 nitrogen and oxygen atoms in total. The minimum atomic E-state index is -1.31. The number of carbonyl (C=O) groups is 1. The molecular formula is C17H17NO3S. The molecule has 22 heavy (non-hydrogen) atoms.